The second-order valence-electron chi connectivity index (χ2n) is 5.91. The maximum atomic E-state index is 11.6. The lowest BCUT2D eigenvalue weighted by Gasteiger charge is -2.21. The summed E-state index contributed by atoms with van der Waals surface area (Å²) in [4.78, 5) is 69.4. The van der Waals surface area contributed by atoms with Crippen molar-refractivity contribution < 1.29 is 57.2 Å². The van der Waals surface area contributed by atoms with Crippen LogP contribution in [-0.4, -0.2) is 102 Å². The van der Waals surface area contributed by atoms with Gasteiger partial charge in [0.25, 0.3) is 0 Å². The molecule has 0 aliphatic heterocycles. The van der Waals surface area contributed by atoms with Gasteiger partial charge in [0.1, 0.15) is 19.8 Å². The van der Waals surface area contributed by atoms with Crippen LogP contribution < -0.4 is 0 Å². The summed E-state index contributed by atoms with van der Waals surface area (Å²) in [5.41, 5.74) is 0. The average molecular weight is 485 g/mol. The van der Waals surface area contributed by atoms with E-state index in [-0.39, 0.29) is 39.5 Å². The fourth-order valence-electron chi connectivity index (χ4n) is 1.92. The Balaban J connectivity index is 4.67. The van der Waals surface area contributed by atoms with Crippen LogP contribution in [0.2, 0.25) is 0 Å². The van der Waals surface area contributed by atoms with E-state index in [0.717, 1.165) is 57.8 Å². The zero-order valence-electron chi connectivity index (χ0n) is 19.1. The van der Waals surface area contributed by atoms with E-state index in [1.54, 1.807) is 4.90 Å². The molecule has 0 aromatic heterocycles. The molecule has 34 heavy (non-hydrogen) atoms. The van der Waals surface area contributed by atoms with Gasteiger partial charge in [-0.05, 0) is 0 Å². The Bertz CT molecular complexity index is 695. The van der Waals surface area contributed by atoms with Gasteiger partial charge in [0.2, 0.25) is 0 Å². The molecule has 0 atom stereocenters. The lowest BCUT2D eigenvalue weighted by Crippen LogP contribution is -2.35. The summed E-state index contributed by atoms with van der Waals surface area (Å²) in [5.74, 6) is -4.48. The van der Waals surface area contributed by atoms with E-state index < -0.39 is 35.8 Å². The van der Waals surface area contributed by atoms with Gasteiger partial charge in [-0.2, -0.15) is 0 Å². The van der Waals surface area contributed by atoms with Crippen molar-refractivity contribution in [3.63, 3.8) is 0 Å². The monoisotopic (exact) mass is 485 g/mol. The van der Waals surface area contributed by atoms with E-state index in [1.165, 1.54) is 0 Å². The molecule has 0 amide bonds. The van der Waals surface area contributed by atoms with Crippen molar-refractivity contribution in [3.8, 4) is 0 Å². The largest absolute Gasteiger partial charge is 0.466 e. The second kappa shape index (κ2) is 18.6. The van der Waals surface area contributed by atoms with Gasteiger partial charge in [0.15, 0.2) is 0 Å². The molecule has 0 bridgehead atoms. The third kappa shape index (κ3) is 16.7. The van der Waals surface area contributed by atoms with Gasteiger partial charge >= 0.3 is 35.8 Å². The Hall–Kier alpha value is -4.00. The van der Waals surface area contributed by atoms with Crippen LogP contribution in [0.1, 0.15) is 0 Å². The molecule has 0 fully saturated rings. The minimum atomic E-state index is -0.774. The van der Waals surface area contributed by atoms with Crippen LogP contribution in [-0.2, 0) is 57.2 Å². The molecule has 0 unspecified atom stereocenters. The first-order valence-corrected chi connectivity index (χ1v) is 9.72. The van der Waals surface area contributed by atoms with Crippen LogP contribution >= 0.6 is 0 Å². The lowest BCUT2D eigenvalue weighted by atomic mass is 10.4. The third-order valence-corrected chi connectivity index (χ3v) is 3.63. The van der Waals surface area contributed by atoms with Gasteiger partial charge in [0.05, 0.1) is 21.3 Å². The molecule has 13 nitrogen and oxygen atoms in total. The standard InChI is InChI=1S/C21H27NO12/c1-29-16(23)4-7-19(26)32-13-10-22(11-14-33-20(27)8-5-17(24)30-2)12-15-34-21(28)9-6-18(25)31-3/h4-9H,10-15H2,1-3H3. The van der Waals surface area contributed by atoms with Gasteiger partial charge in [0, 0.05) is 56.1 Å². The topological polar surface area (TPSA) is 161 Å². The summed E-state index contributed by atoms with van der Waals surface area (Å²) in [6.45, 7) is 0.249. The molecule has 0 radical (unpaired) electrons. The molecule has 0 aliphatic carbocycles. The van der Waals surface area contributed by atoms with Gasteiger partial charge in [-0.25, -0.2) is 28.8 Å². The maximum Gasteiger partial charge on any atom is 0.331 e. The van der Waals surface area contributed by atoms with Crippen LogP contribution in [0, 0.1) is 0 Å². The van der Waals surface area contributed by atoms with Crippen LogP contribution in [0.15, 0.2) is 36.5 Å². The highest BCUT2D eigenvalue weighted by molar-refractivity contribution is 5.92. The predicted molar refractivity (Wildman–Crippen MR) is 113 cm³/mol. The molecule has 0 saturated heterocycles. The van der Waals surface area contributed by atoms with E-state index in [1.807, 2.05) is 0 Å². The molecule has 0 heterocycles. The Morgan fingerprint density at radius 2 is 0.706 bits per heavy atom. The molecule has 0 spiro atoms. The highest BCUT2D eigenvalue weighted by Crippen LogP contribution is 1.95. The molecule has 13 heteroatoms. The van der Waals surface area contributed by atoms with Crippen LogP contribution in [0.5, 0.6) is 0 Å². The quantitative estimate of drug-likeness (QED) is 0.160. The summed E-state index contributed by atoms with van der Waals surface area (Å²) >= 11 is 0. The molecule has 0 aromatic carbocycles. The zero-order chi connectivity index (χ0) is 25.8. The summed E-state index contributed by atoms with van der Waals surface area (Å²) in [6, 6.07) is 0. The van der Waals surface area contributed by atoms with Gasteiger partial charge in [-0.15, -0.1) is 0 Å². The Morgan fingerprint density at radius 1 is 0.471 bits per heavy atom. The van der Waals surface area contributed by atoms with Crippen LogP contribution in [0.25, 0.3) is 0 Å². The summed E-state index contributed by atoms with van der Waals surface area (Å²) < 4.78 is 28.0. The number of hydrogen-bond donors (Lipinski definition) is 0. The number of esters is 6. The summed E-state index contributed by atoms with van der Waals surface area (Å²) in [7, 11) is 3.48. The number of nitrogens with zero attached hydrogens (tertiary/aromatic N) is 1. The number of methoxy groups -OCH3 is 3. The molecule has 0 aromatic rings. The maximum absolute atomic E-state index is 11.6. The summed E-state index contributed by atoms with van der Waals surface area (Å²) in [6.07, 6.45) is 5.43. The first-order valence-electron chi connectivity index (χ1n) is 9.72. The van der Waals surface area contributed by atoms with E-state index in [0.29, 0.717) is 0 Å². The smallest absolute Gasteiger partial charge is 0.331 e. The molecule has 188 valence electrons. The minimum Gasteiger partial charge on any atom is -0.466 e. The van der Waals surface area contributed by atoms with E-state index >= 15 is 0 Å². The Morgan fingerprint density at radius 3 is 0.941 bits per heavy atom. The Kier molecular flexibility index (Phi) is 16.4. The first kappa shape index (κ1) is 30.0. The average Bonchev–Trinajstić information content (AvgIpc) is 2.83. The third-order valence-electron chi connectivity index (χ3n) is 3.63. The van der Waals surface area contributed by atoms with Crippen molar-refractivity contribution in [2.24, 2.45) is 0 Å². The normalized spacial score (nSPS) is 10.9. The summed E-state index contributed by atoms with van der Waals surface area (Å²) in [5, 5.41) is 0. The number of carbonyl (C=O) groups is 6. The highest BCUT2D eigenvalue weighted by atomic mass is 16.5. The van der Waals surface area contributed by atoms with Crippen LogP contribution in [0.4, 0.5) is 0 Å². The number of carbonyl (C=O) groups excluding carboxylic acids is 6. The number of ether oxygens (including phenoxy) is 6. The number of hydrogen-bond acceptors (Lipinski definition) is 13. The number of rotatable bonds is 15. The second-order valence-corrected chi connectivity index (χ2v) is 5.91. The predicted octanol–water partition coefficient (Wildman–Crippen LogP) is -0.894. The fraction of sp³-hybridized carbons (Fsp3) is 0.429. The lowest BCUT2D eigenvalue weighted by molar-refractivity contribution is -0.141. The van der Waals surface area contributed by atoms with Gasteiger partial charge < -0.3 is 28.4 Å². The van der Waals surface area contributed by atoms with Crippen molar-refractivity contribution in [3.05, 3.63) is 36.5 Å². The van der Waals surface area contributed by atoms with Crippen molar-refractivity contribution in [1.29, 1.82) is 0 Å². The van der Waals surface area contributed by atoms with Gasteiger partial charge in [-0.3, -0.25) is 4.90 Å². The fourth-order valence-corrected chi connectivity index (χ4v) is 1.92. The molecule has 0 N–H and O–H groups in total. The van der Waals surface area contributed by atoms with Gasteiger partial charge in [-0.1, -0.05) is 0 Å². The molecular weight excluding hydrogens is 458 g/mol. The molecule has 0 aliphatic rings. The van der Waals surface area contributed by atoms with Crippen molar-refractivity contribution in [2.45, 2.75) is 0 Å². The first-order chi connectivity index (χ1) is 16.2. The Labute approximate surface area is 195 Å². The van der Waals surface area contributed by atoms with Crippen molar-refractivity contribution >= 4 is 35.8 Å². The SMILES string of the molecule is COC(=O)C=CC(=O)OCCN(CCOC(=O)C=CC(=O)OC)CCOC(=O)C=CC(=O)OC. The highest BCUT2D eigenvalue weighted by Gasteiger charge is 2.10. The minimum absolute atomic E-state index is 0.0866. The molecular formula is C21H27NO12. The molecule has 0 rings (SSSR count). The van der Waals surface area contributed by atoms with E-state index in [9.17, 15) is 28.8 Å². The van der Waals surface area contributed by atoms with Crippen LogP contribution in [0.3, 0.4) is 0 Å². The molecule has 0 saturated carbocycles. The van der Waals surface area contributed by atoms with E-state index in [4.69, 9.17) is 14.2 Å². The zero-order valence-corrected chi connectivity index (χ0v) is 19.1. The van der Waals surface area contributed by atoms with E-state index in [2.05, 4.69) is 14.2 Å². The van der Waals surface area contributed by atoms with Crippen molar-refractivity contribution in [2.75, 3.05) is 60.8 Å². The van der Waals surface area contributed by atoms with Crippen molar-refractivity contribution in [1.82, 2.24) is 4.90 Å².